The van der Waals surface area contributed by atoms with Gasteiger partial charge in [-0.3, -0.25) is 0 Å². The van der Waals surface area contributed by atoms with Gasteiger partial charge in [0.25, 0.3) is 0 Å². The van der Waals surface area contributed by atoms with Crippen LogP contribution in [0.3, 0.4) is 0 Å². The molecule has 1 unspecified atom stereocenters. The van der Waals surface area contributed by atoms with E-state index in [0.717, 1.165) is 23.9 Å². The lowest BCUT2D eigenvalue weighted by Gasteiger charge is -2.32. The number of nitrogens with zero attached hydrogens (tertiary/aromatic N) is 3. The van der Waals surface area contributed by atoms with Gasteiger partial charge in [-0.05, 0) is 26.0 Å². The quantitative estimate of drug-likeness (QED) is 0.861. The van der Waals surface area contributed by atoms with Crippen molar-refractivity contribution < 1.29 is 13.9 Å². The zero-order valence-electron chi connectivity index (χ0n) is 12.3. The highest BCUT2D eigenvalue weighted by atomic mass is 16.5. The number of aromatic nitrogens is 2. The Morgan fingerprint density at radius 3 is 3.05 bits per heavy atom. The molecule has 0 aromatic carbocycles. The Hall–Kier alpha value is -2.08. The van der Waals surface area contributed by atoms with Gasteiger partial charge in [0.2, 0.25) is 5.88 Å². The third-order valence-corrected chi connectivity index (χ3v) is 3.39. The molecule has 0 spiro atoms. The maximum absolute atomic E-state index is 5.80. The molecule has 0 radical (unpaired) electrons. The highest BCUT2D eigenvalue weighted by Gasteiger charge is 2.25. The first kappa shape index (κ1) is 13.9. The van der Waals surface area contributed by atoms with Crippen LogP contribution in [0, 0.1) is 6.92 Å². The standard InChI is InChI=1S/C15H19N3O3/c1-3-19-15-8-14(16-10-17-15)18-6-7-20-13(9-18)12-5-4-11(2)21-12/h4-5,8,10,13H,3,6-7,9H2,1-2H3. The fourth-order valence-electron chi connectivity index (χ4n) is 2.39. The van der Waals surface area contributed by atoms with Crippen molar-refractivity contribution in [1.29, 1.82) is 0 Å². The molecule has 21 heavy (non-hydrogen) atoms. The fourth-order valence-corrected chi connectivity index (χ4v) is 2.39. The molecule has 0 saturated carbocycles. The van der Waals surface area contributed by atoms with Crippen LogP contribution in [0.5, 0.6) is 5.88 Å². The third kappa shape index (κ3) is 3.16. The van der Waals surface area contributed by atoms with E-state index in [4.69, 9.17) is 13.9 Å². The second-order valence-electron chi connectivity index (χ2n) is 4.90. The van der Waals surface area contributed by atoms with Crippen LogP contribution in [-0.4, -0.2) is 36.3 Å². The maximum atomic E-state index is 5.80. The molecule has 0 N–H and O–H groups in total. The molecule has 1 aliphatic rings. The number of hydrogen-bond donors (Lipinski definition) is 0. The molecule has 1 saturated heterocycles. The molecule has 6 nitrogen and oxygen atoms in total. The number of ether oxygens (including phenoxy) is 2. The lowest BCUT2D eigenvalue weighted by atomic mass is 10.2. The Kier molecular flexibility index (Phi) is 4.06. The second-order valence-corrected chi connectivity index (χ2v) is 4.90. The van der Waals surface area contributed by atoms with Gasteiger partial charge in [0.15, 0.2) is 0 Å². The minimum absolute atomic E-state index is 0.0713. The van der Waals surface area contributed by atoms with Crippen molar-refractivity contribution in [3.05, 3.63) is 36.0 Å². The van der Waals surface area contributed by atoms with E-state index in [0.29, 0.717) is 25.6 Å². The summed E-state index contributed by atoms with van der Waals surface area (Å²) in [5.74, 6) is 3.20. The summed E-state index contributed by atoms with van der Waals surface area (Å²) in [5, 5.41) is 0. The van der Waals surface area contributed by atoms with Crippen LogP contribution >= 0.6 is 0 Å². The molecule has 2 aromatic heterocycles. The van der Waals surface area contributed by atoms with Gasteiger partial charge >= 0.3 is 0 Å². The number of aryl methyl sites for hydroxylation is 1. The molecule has 0 bridgehead atoms. The van der Waals surface area contributed by atoms with Crippen molar-refractivity contribution in [2.24, 2.45) is 0 Å². The van der Waals surface area contributed by atoms with Gasteiger partial charge < -0.3 is 18.8 Å². The lowest BCUT2D eigenvalue weighted by molar-refractivity contribution is 0.0250. The van der Waals surface area contributed by atoms with Gasteiger partial charge in [0, 0.05) is 12.6 Å². The zero-order valence-corrected chi connectivity index (χ0v) is 12.3. The van der Waals surface area contributed by atoms with Crippen LogP contribution < -0.4 is 9.64 Å². The molecule has 1 fully saturated rings. The van der Waals surface area contributed by atoms with Crippen LogP contribution in [0.2, 0.25) is 0 Å². The summed E-state index contributed by atoms with van der Waals surface area (Å²) < 4.78 is 16.9. The maximum Gasteiger partial charge on any atom is 0.218 e. The number of hydrogen-bond acceptors (Lipinski definition) is 6. The first-order chi connectivity index (χ1) is 10.3. The summed E-state index contributed by atoms with van der Waals surface area (Å²) in [4.78, 5) is 10.6. The molecular formula is C15H19N3O3. The number of furan rings is 1. The van der Waals surface area contributed by atoms with Crippen LogP contribution in [0.1, 0.15) is 24.5 Å². The first-order valence-electron chi connectivity index (χ1n) is 7.14. The Morgan fingerprint density at radius 2 is 2.29 bits per heavy atom. The average Bonchev–Trinajstić information content (AvgIpc) is 2.95. The summed E-state index contributed by atoms with van der Waals surface area (Å²) >= 11 is 0. The van der Waals surface area contributed by atoms with Crippen molar-refractivity contribution in [3.8, 4) is 5.88 Å². The van der Waals surface area contributed by atoms with Gasteiger partial charge in [-0.2, -0.15) is 0 Å². The minimum Gasteiger partial charge on any atom is -0.478 e. The van der Waals surface area contributed by atoms with Crippen molar-refractivity contribution in [2.75, 3.05) is 31.2 Å². The second kappa shape index (κ2) is 6.13. The van der Waals surface area contributed by atoms with Crippen LogP contribution in [0.15, 0.2) is 28.9 Å². The van der Waals surface area contributed by atoms with Gasteiger partial charge in [-0.1, -0.05) is 0 Å². The normalized spacial score (nSPS) is 18.8. The topological polar surface area (TPSA) is 60.6 Å². The molecule has 1 atom stereocenters. The van der Waals surface area contributed by atoms with Crippen molar-refractivity contribution in [3.63, 3.8) is 0 Å². The largest absolute Gasteiger partial charge is 0.478 e. The fraction of sp³-hybridized carbons (Fsp3) is 0.467. The molecule has 3 rings (SSSR count). The molecule has 2 aromatic rings. The van der Waals surface area contributed by atoms with E-state index >= 15 is 0 Å². The number of anilines is 1. The molecule has 3 heterocycles. The van der Waals surface area contributed by atoms with Gasteiger partial charge in [-0.25, -0.2) is 9.97 Å². The molecular weight excluding hydrogens is 270 g/mol. The van der Waals surface area contributed by atoms with E-state index in [-0.39, 0.29) is 6.10 Å². The van der Waals surface area contributed by atoms with Gasteiger partial charge in [0.05, 0.1) is 19.8 Å². The van der Waals surface area contributed by atoms with E-state index < -0.39 is 0 Å². The Morgan fingerprint density at radius 1 is 1.38 bits per heavy atom. The third-order valence-electron chi connectivity index (χ3n) is 3.39. The summed E-state index contributed by atoms with van der Waals surface area (Å²) in [6.07, 6.45) is 1.46. The van der Waals surface area contributed by atoms with E-state index in [1.807, 2.05) is 32.0 Å². The molecule has 112 valence electrons. The van der Waals surface area contributed by atoms with Crippen LogP contribution in [0.4, 0.5) is 5.82 Å². The summed E-state index contributed by atoms with van der Waals surface area (Å²) in [6, 6.07) is 5.78. The van der Waals surface area contributed by atoms with Crippen LogP contribution in [0.25, 0.3) is 0 Å². The van der Waals surface area contributed by atoms with E-state index in [9.17, 15) is 0 Å². The SMILES string of the molecule is CCOc1cc(N2CCOC(c3ccc(C)o3)C2)ncn1. The predicted octanol–water partition coefficient (Wildman–Crippen LogP) is 2.35. The van der Waals surface area contributed by atoms with E-state index in [1.54, 1.807) is 0 Å². The molecule has 1 aliphatic heterocycles. The minimum atomic E-state index is -0.0713. The smallest absolute Gasteiger partial charge is 0.218 e. The first-order valence-corrected chi connectivity index (χ1v) is 7.14. The molecule has 0 amide bonds. The van der Waals surface area contributed by atoms with Gasteiger partial charge in [0.1, 0.15) is 29.8 Å². The highest BCUT2D eigenvalue weighted by Crippen LogP contribution is 2.27. The Labute approximate surface area is 123 Å². The summed E-state index contributed by atoms with van der Waals surface area (Å²) in [6.45, 7) is 6.59. The number of morpholine rings is 1. The summed E-state index contributed by atoms with van der Waals surface area (Å²) in [7, 11) is 0. The van der Waals surface area contributed by atoms with Crippen molar-refractivity contribution in [2.45, 2.75) is 20.0 Å². The summed E-state index contributed by atoms with van der Waals surface area (Å²) in [5.41, 5.74) is 0. The predicted molar refractivity (Wildman–Crippen MR) is 77.6 cm³/mol. The Bertz CT molecular complexity index is 599. The Balaban J connectivity index is 1.75. The van der Waals surface area contributed by atoms with Gasteiger partial charge in [-0.15, -0.1) is 0 Å². The number of rotatable bonds is 4. The monoisotopic (exact) mass is 289 g/mol. The van der Waals surface area contributed by atoms with Crippen LogP contribution in [-0.2, 0) is 4.74 Å². The van der Waals surface area contributed by atoms with Crippen molar-refractivity contribution in [1.82, 2.24) is 9.97 Å². The lowest BCUT2D eigenvalue weighted by Crippen LogP contribution is -2.38. The highest BCUT2D eigenvalue weighted by molar-refractivity contribution is 5.41. The molecule has 6 heteroatoms. The van der Waals surface area contributed by atoms with E-state index in [2.05, 4.69) is 14.9 Å². The zero-order chi connectivity index (χ0) is 14.7. The van der Waals surface area contributed by atoms with Crippen molar-refractivity contribution >= 4 is 5.82 Å². The molecule has 0 aliphatic carbocycles. The van der Waals surface area contributed by atoms with E-state index in [1.165, 1.54) is 6.33 Å². The average molecular weight is 289 g/mol.